The van der Waals surface area contributed by atoms with E-state index < -0.39 is 0 Å². The summed E-state index contributed by atoms with van der Waals surface area (Å²) >= 11 is 6.23. The van der Waals surface area contributed by atoms with Crippen LogP contribution >= 0.6 is 11.6 Å². The number of anilines is 1. The van der Waals surface area contributed by atoms with Crippen LogP contribution in [-0.2, 0) is 6.42 Å². The first kappa shape index (κ1) is 16.3. The monoisotopic (exact) mass is 339 g/mol. The topological polar surface area (TPSA) is 54.0 Å². The third-order valence-electron chi connectivity index (χ3n) is 3.83. The molecule has 0 aliphatic heterocycles. The third kappa shape index (κ3) is 3.66. The zero-order valence-corrected chi connectivity index (χ0v) is 14.1. The molecule has 4 nitrogen and oxygen atoms in total. The molecular formula is C19H18ClN3O. The zero-order chi connectivity index (χ0) is 16.9. The second kappa shape index (κ2) is 7.32. The van der Waals surface area contributed by atoms with Gasteiger partial charge in [0, 0.05) is 24.5 Å². The first-order valence-electron chi connectivity index (χ1n) is 7.77. The van der Waals surface area contributed by atoms with Crippen LogP contribution in [0.4, 0.5) is 5.82 Å². The van der Waals surface area contributed by atoms with Crippen molar-refractivity contribution < 1.29 is 4.79 Å². The van der Waals surface area contributed by atoms with Crippen LogP contribution in [0.2, 0.25) is 5.15 Å². The van der Waals surface area contributed by atoms with Gasteiger partial charge in [0.15, 0.2) is 0 Å². The van der Waals surface area contributed by atoms with Crippen LogP contribution in [0.5, 0.6) is 0 Å². The Hall–Kier alpha value is -2.59. The van der Waals surface area contributed by atoms with Crippen molar-refractivity contribution in [3.05, 3.63) is 70.9 Å². The summed E-state index contributed by atoms with van der Waals surface area (Å²) in [6.07, 6.45) is 0.789. The second-order valence-electron chi connectivity index (χ2n) is 5.48. The Morgan fingerprint density at radius 2 is 1.96 bits per heavy atom. The molecule has 122 valence electrons. The van der Waals surface area contributed by atoms with Gasteiger partial charge in [-0.25, -0.2) is 4.98 Å². The van der Waals surface area contributed by atoms with Gasteiger partial charge in [0.2, 0.25) is 0 Å². The number of hydrogen-bond donors (Lipinski definition) is 2. The van der Waals surface area contributed by atoms with E-state index in [1.165, 1.54) is 0 Å². The normalized spacial score (nSPS) is 10.6. The Labute approximate surface area is 145 Å². The van der Waals surface area contributed by atoms with Crippen LogP contribution in [0, 0.1) is 0 Å². The van der Waals surface area contributed by atoms with Gasteiger partial charge >= 0.3 is 0 Å². The minimum Gasteiger partial charge on any atom is -0.370 e. The molecule has 2 aromatic carbocycles. The van der Waals surface area contributed by atoms with Gasteiger partial charge in [-0.2, -0.15) is 0 Å². The average molecular weight is 340 g/mol. The number of pyridine rings is 1. The molecule has 0 saturated carbocycles. The molecule has 0 atom stereocenters. The molecule has 1 aromatic heterocycles. The van der Waals surface area contributed by atoms with Gasteiger partial charge in [0.25, 0.3) is 5.91 Å². The lowest BCUT2D eigenvalue weighted by Crippen LogP contribution is -2.18. The number of halogens is 1. The second-order valence-corrected chi connectivity index (χ2v) is 5.83. The number of rotatable bonds is 5. The summed E-state index contributed by atoms with van der Waals surface area (Å²) in [5, 5.41) is 8.43. The quantitative estimate of drug-likeness (QED) is 0.693. The number of nitrogens with one attached hydrogen (secondary N) is 2. The third-order valence-corrected chi connectivity index (χ3v) is 4.12. The fourth-order valence-corrected chi connectivity index (χ4v) is 2.86. The molecule has 0 bridgehead atoms. The maximum absolute atomic E-state index is 11.7. The lowest BCUT2D eigenvalue weighted by Gasteiger charge is -2.09. The van der Waals surface area contributed by atoms with Crippen LogP contribution in [0.3, 0.4) is 0 Å². The van der Waals surface area contributed by atoms with Crippen LogP contribution in [0.15, 0.2) is 54.6 Å². The fourth-order valence-electron chi connectivity index (χ4n) is 2.59. The predicted molar refractivity (Wildman–Crippen MR) is 98.8 cm³/mol. The Morgan fingerprint density at radius 3 is 2.79 bits per heavy atom. The molecule has 24 heavy (non-hydrogen) atoms. The van der Waals surface area contributed by atoms with Crippen molar-refractivity contribution >= 4 is 34.1 Å². The Morgan fingerprint density at radius 1 is 1.12 bits per heavy atom. The number of carbonyl (C=O) groups excluding carboxylic acids is 1. The predicted octanol–water partition coefficient (Wildman–Crippen LogP) is 3.90. The molecule has 0 spiro atoms. The molecule has 1 heterocycles. The molecular weight excluding hydrogens is 322 g/mol. The number of amides is 1. The molecule has 0 aliphatic rings. The lowest BCUT2D eigenvalue weighted by molar-refractivity contribution is 0.0963. The number of carbonyl (C=O) groups is 1. The van der Waals surface area contributed by atoms with Gasteiger partial charge in [-0.05, 0) is 35.6 Å². The molecule has 0 radical (unpaired) electrons. The summed E-state index contributed by atoms with van der Waals surface area (Å²) in [7, 11) is 1.63. The molecule has 0 fully saturated rings. The van der Waals surface area contributed by atoms with E-state index in [0.29, 0.717) is 17.3 Å². The summed E-state index contributed by atoms with van der Waals surface area (Å²) in [4.78, 5) is 16.1. The molecule has 5 heteroatoms. The molecule has 2 N–H and O–H groups in total. The van der Waals surface area contributed by atoms with E-state index in [2.05, 4.69) is 15.6 Å². The maximum Gasteiger partial charge on any atom is 0.251 e. The molecule has 3 rings (SSSR count). The van der Waals surface area contributed by atoms with Gasteiger partial charge in [0.1, 0.15) is 11.0 Å². The highest BCUT2D eigenvalue weighted by atomic mass is 35.5. The zero-order valence-electron chi connectivity index (χ0n) is 13.3. The number of hydrogen-bond acceptors (Lipinski definition) is 3. The first-order chi connectivity index (χ1) is 11.7. The first-order valence-corrected chi connectivity index (χ1v) is 8.15. The van der Waals surface area contributed by atoms with Gasteiger partial charge in [-0.1, -0.05) is 48.0 Å². The van der Waals surface area contributed by atoms with Crippen molar-refractivity contribution in [3.63, 3.8) is 0 Å². The van der Waals surface area contributed by atoms with Crippen molar-refractivity contribution in [1.29, 1.82) is 0 Å². The van der Waals surface area contributed by atoms with Crippen molar-refractivity contribution in [1.82, 2.24) is 10.3 Å². The van der Waals surface area contributed by atoms with Crippen molar-refractivity contribution in [2.75, 3.05) is 18.9 Å². The number of aromatic nitrogens is 1. The smallest absolute Gasteiger partial charge is 0.251 e. The fraction of sp³-hybridized carbons (Fsp3) is 0.158. The molecule has 0 saturated heterocycles. The van der Waals surface area contributed by atoms with E-state index in [1.54, 1.807) is 13.1 Å². The van der Waals surface area contributed by atoms with Crippen LogP contribution in [0.25, 0.3) is 10.8 Å². The summed E-state index contributed by atoms with van der Waals surface area (Å²) < 4.78 is 0. The number of nitrogens with zero attached hydrogens (tertiary/aromatic N) is 1. The van der Waals surface area contributed by atoms with Gasteiger partial charge in [0.05, 0.1) is 0 Å². The highest BCUT2D eigenvalue weighted by Crippen LogP contribution is 2.24. The number of fused-ring (bicyclic) bond motifs is 1. The Bertz CT molecular complexity index is 879. The number of benzene rings is 2. The minimum absolute atomic E-state index is 0.0761. The van der Waals surface area contributed by atoms with Crippen LogP contribution < -0.4 is 10.6 Å². The van der Waals surface area contributed by atoms with Crippen molar-refractivity contribution in [3.8, 4) is 0 Å². The van der Waals surface area contributed by atoms with Crippen molar-refractivity contribution in [2.24, 2.45) is 0 Å². The van der Waals surface area contributed by atoms with E-state index >= 15 is 0 Å². The SMILES string of the molecule is CNC(=O)c1cccc(CCNc2cc3ccccc3c(Cl)n2)c1. The minimum atomic E-state index is -0.0761. The van der Waals surface area contributed by atoms with E-state index in [1.807, 2.05) is 48.5 Å². The highest BCUT2D eigenvalue weighted by Gasteiger charge is 2.05. The molecule has 0 unspecified atom stereocenters. The summed E-state index contributed by atoms with van der Waals surface area (Å²) in [6, 6.07) is 17.5. The van der Waals surface area contributed by atoms with Gasteiger partial charge < -0.3 is 10.6 Å². The van der Waals surface area contributed by atoms with E-state index in [9.17, 15) is 4.79 Å². The lowest BCUT2D eigenvalue weighted by atomic mass is 10.1. The van der Waals surface area contributed by atoms with Gasteiger partial charge in [-0.3, -0.25) is 4.79 Å². The van der Waals surface area contributed by atoms with E-state index in [0.717, 1.165) is 28.6 Å². The van der Waals surface area contributed by atoms with E-state index in [-0.39, 0.29) is 5.91 Å². The molecule has 0 aliphatic carbocycles. The Balaban J connectivity index is 1.67. The molecule has 3 aromatic rings. The average Bonchev–Trinajstić information content (AvgIpc) is 2.61. The largest absolute Gasteiger partial charge is 0.370 e. The van der Waals surface area contributed by atoms with Crippen LogP contribution in [-0.4, -0.2) is 24.5 Å². The Kier molecular flexibility index (Phi) is 4.96. The summed E-state index contributed by atoms with van der Waals surface area (Å²) in [5.74, 6) is 0.675. The summed E-state index contributed by atoms with van der Waals surface area (Å²) in [5.41, 5.74) is 1.76. The van der Waals surface area contributed by atoms with Crippen LogP contribution in [0.1, 0.15) is 15.9 Å². The highest BCUT2D eigenvalue weighted by molar-refractivity contribution is 6.34. The van der Waals surface area contributed by atoms with Gasteiger partial charge in [-0.15, -0.1) is 0 Å². The van der Waals surface area contributed by atoms with Crippen molar-refractivity contribution in [2.45, 2.75) is 6.42 Å². The standard InChI is InChI=1S/C19H18ClN3O/c1-21-19(24)15-7-4-5-13(11-15)9-10-22-17-12-14-6-2-3-8-16(14)18(20)23-17/h2-8,11-12H,9-10H2,1H3,(H,21,24)(H,22,23). The van der Waals surface area contributed by atoms with E-state index in [4.69, 9.17) is 11.6 Å². The molecule has 1 amide bonds. The summed E-state index contributed by atoms with van der Waals surface area (Å²) in [6.45, 7) is 0.707. The maximum atomic E-state index is 11.7.